The van der Waals surface area contributed by atoms with Gasteiger partial charge in [0.15, 0.2) is 0 Å². The highest BCUT2D eigenvalue weighted by molar-refractivity contribution is 5.12. The van der Waals surface area contributed by atoms with Crippen LogP contribution in [0.2, 0.25) is 0 Å². The Kier molecular flexibility index (Phi) is 6.27. The van der Waals surface area contributed by atoms with E-state index in [1.54, 1.807) is 0 Å². The molecule has 0 saturated carbocycles. The molecule has 0 aliphatic carbocycles. The van der Waals surface area contributed by atoms with Gasteiger partial charge in [-0.15, -0.1) is 0 Å². The normalized spacial score (nSPS) is 20.0. The van der Waals surface area contributed by atoms with Crippen molar-refractivity contribution >= 4 is 0 Å². The monoisotopic (exact) mass is 293 g/mol. The fourth-order valence-corrected chi connectivity index (χ4v) is 3.13. The number of hydrogen-bond acceptors (Lipinski definition) is 4. The third-order valence-electron chi connectivity index (χ3n) is 4.28. The second-order valence-electron chi connectivity index (χ2n) is 6.58. The van der Waals surface area contributed by atoms with E-state index >= 15 is 0 Å². The van der Waals surface area contributed by atoms with Crippen molar-refractivity contribution in [2.24, 2.45) is 0 Å². The molecule has 1 saturated heterocycles. The van der Waals surface area contributed by atoms with Gasteiger partial charge >= 0.3 is 0 Å². The van der Waals surface area contributed by atoms with Crippen LogP contribution in [0.1, 0.15) is 44.9 Å². The van der Waals surface area contributed by atoms with E-state index in [0.29, 0.717) is 6.04 Å². The van der Waals surface area contributed by atoms with Crippen molar-refractivity contribution in [1.29, 1.82) is 0 Å². The van der Waals surface area contributed by atoms with Gasteiger partial charge in [0.05, 0.1) is 12.8 Å². The third kappa shape index (κ3) is 5.13. The van der Waals surface area contributed by atoms with Crippen LogP contribution in [-0.4, -0.2) is 48.6 Å². The molecular formula is C17H31N3O. The molecule has 1 aliphatic rings. The minimum atomic E-state index is 0.508. The molecule has 0 amide bonds. The molecule has 2 rings (SSSR count). The lowest BCUT2D eigenvalue weighted by molar-refractivity contribution is 0.187. The molecule has 1 aliphatic heterocycles. The Bertz CT molecular complexity index is 416. The summed E-state index contributed by atoms with van der Waals surface area (Å²) in [5, 5.41) is 3.42. The number of rotatable bonds is 8. The summed E-state index contributed by atoms with van der Waals surface area (Å²) in [5.41, 5.74) is 1.24. The average Bonchev–Trinajstić information content (AvgIpc) is 3.05. The Balaban J connectivity index is 1.78. The summed E-state index contributed by atoms with van der Waals surface area (Å²) in [6, 6.07) is 3.41. The van der Waals surface area contributed by atoms with Gasteiger partial charge in [-0.05, 0) is 39.0 Å². The highest BCUT2D eigenvalue weighted by Crippen LogP contribution is 2.18. The molecule has 4 nitrogen and oxygen atoms in total. The quantitative estimate of drug-likeness (QED) is 0.798. The Morgan fingerprint density at radius 2 is 2.29 bits per heavy atom. The zero-order valence-electron chi connectivity index (χ0n) is 14.1. The van der Waals surface area contributed by atoms with E-state index in [0.717, 1.165) is 31.4 Å². The van der Waals surface area contributed by atoms with Gasteiger partial charge in [-0.3, -0.25) is 9.80 Å². The van der Waals surface area contributed by atoms with E-state index in [4.69, 9.17) is 4.42 Å². The molecule has 1 aromatic rings. The van der Waals surface area contributed by atoms with E-state index in [1.807, 2.05) is 6.26 Å². The average molecular weight is 293 g/mol. The number of nitrogens with zero attached hydrogens (tertiary/aromatic N) is 2. The minimum absolute atomic E-state index is 0.508. The van der Waals surface area contributed by atoms with Crippen LogP contribution in [0.4, 0.5) is 0 Å². The van der Waals surface area contributed by atoms with Gasteiger partial charge in [0, 0.05) is 30.7 Å². The lowest BCUT2D eigenvalue weighted by Gasteiger charge is -2.27. The lowest BCUT2D eigenvalue weighted by atomic mass is 10.2. The van der Waals surface area contributed by atoms with Gasteiger partial charge in [0.1, 0.15) is 5.76 Å². The Morgan fingerprint density at radius 3 is 3.00 bits per heavy atom. The van der Waals surface area contributed by atoms with Crippen LogP contribution in [0.5, 0.6) is 0 Å². The predicted octanol–water partition coefficient (Wildman–Crippen LogP) is 2.69. The van der Waals surface area contributed by atoms with Gasteiger partial charge in [0.25, 0.3) is 0 Å². The second kappa shape index (κ2) is 7.97. The molecule has 1 aromatic heterocycles. The summed E-state index contributed by atoms with van der Waals surface area (Å²) in [5.74, 6) is 1.07. The van der Waals surface area contributed by atoms with E-state index in [-0.39, 0.29) is 0 Å². The van der Waals surface area contributed by atoms with Crippen molar-refractivity contribution in [1.82, 2.24) is 15.1 Å². The van der Waals surface area contributed by atoms with Gasteiger partial charge in [0.2, 0.25) is 0 Å². The number of likely N-dealkylation sites (N-methyl/N-ethyl adjacent to an activating group) is 2. The highest BCUT2D eigenvalue weighted by atomic mass is 16.3. The van der Waals surface area contributed by atoms with Crippen molar-refractivity contribution in [3.63, 3.8) is 0 Å². The Labute approximate surface area is 129 Å². The lowest BCUT2D eigenvalue weighted by Crippen LogP contribution is -2.38. The van der Waals surface area contributed by atoms with Crippen LogP contribution in [0.25, 0.3) is 0 Å². The molecule has 0 spiro atoms. The fourth-order valence-electron chi connectivity index (χ4n) is 3.13. The molecular weight excluding hydrogens is 262 g/mol. The van der Waals surface area contributed by atoms with Crippen LogP contribution in [0.3, 0.4) is 0 Å². The van der Waals surface area contributed by atoms with Gasteiger partial charge in [-0.1, -0.05) is 20.8 Å². The van der Waals surface area contributed by atoms with Crippen molar-refractivity contribution in [3.05, 3.63) is 23.7 Å². The maximum Gasteiger partial charge on any atom is 0.118 e. The zero-order valence-corrected chi connectivity index (χ0v) is 14.1. The first-order valence-corrected chi connectivity index (χ1v) is 8.30. The van der Waals surface area contributed by atoms with Crippen LogP contribution < -0.4 is 5.32 Å². The first-order chi connectivity index (χ1) is 10.1. The van der Waals surface area contributed by atoms with Crippen LogP contribution in [-0.2, 0) is 13.1 Å². The molecule has 1 N–H and O–H groups in total. The third-order valence-corrected chi connectivity index (χ3v) is 4.28. The van der Waals surface area contributed by atoms with E-state index in [1.165, 1.54) is 31.5 Å². The van der Waals surface area contributed by atoms with Crippen LogP contribution in [0.15, 0.2) is 16.7 Å². The molecule has 1 atom stereocenters. The number of furan rings is 1. The van der Waals surface area contributed by atoms with Gasteiger partial charge in [-0.2, -0.15) is 0 Å². The van der Waals surface area contributed by atoms with Crippen LogP contribution in [0, 0.1) is 0 Å². The van der Waals surface area contributed by atoms with Crippen molar-refractivity contribution in [2.45, 2.75) is 58.8 Å². The largest absolute Gasteiger partial charge is 0.468 e. The molecule has 1 unspecified atom stereocenters. The Morgan fingerprint density at radius 1 is 1.48 bits per heavy atom. The summed E-state index contributed by atoms with van der Waals surface area (Å²) in [7, 11) is 2.20. The maximum absolute atomic E-state index is 5.69. The second-order valence-corrected chi connectivity index (χ2v) is 6.58. The molecule has 0 bridgehead atoms. The topological polar surface area (TPSA) is 31.6 Å². The number of nitrogens with one attached hydrogen (secondary N) is 1. The van der Waals surface area contributed by atoms with Crippen LogP contribution >= 0.6 is 0 Å². The summed E-state index contributed by atoms with van der Waals surface area (Å²) in [6.07, 6.45) is 4.56. The van der Waals surface area contributed by atoms with Crippen molar-refractivity contribution in [2.75, 3.05) is 26.7 Å². The van der Waals surface area contributed by atoms with Crippen molar-refractivity contribution in [3.8, 4) is 0 Å². The maximum atomic E-state index is 5.69. The SMILES string of the molecule is CCN1CCCC1CN(C)Cc1cc(CNC(C)C)co1. The van der Waals surface area contributed by atoms with Gasteiger partial charge in [-0.25, -0.2) is 0 Å². The zero-order chi connectivity index (χ0) is 15.2. The molecule has 4 heteroatoms. The number of likely N-dealkylation sites (tertiary alicyclic amines) is 1. The number of hydrogen-bond donors (Lipinski definition) is 1. The minimum Gasteiger partial charge on any atom is -0.468 e. The molecule has 2 heterocycles. The summed E-state index contributed by atoms with van der Waals surface area (Å²) in [4.78, 5) is 4.98. The molecule has 0 radical (unpaired) electrons. The van der Waals surface area contributed by atoms with E-state index in [2.05, 4.69) is 49.0 Å². The Hall–Kier alpha value is -0.840. The van der Waals surface area contributed by atoms with E-state index in [9.17, 15) is 0 Å². The smallest absolute Gasteiger partial charge is 0.118 e. The van der Waals surface area contributed by atoms with Gasteiger partial charge < -0.3 is 9.73 Å². The summed E-state index contributed by atoms with van der Waals surface area (Å²) in [6.45, 7) is 11.9. The van der Waals surface area contributed by atoms with Crippen molar-refractivity contribution < 1.29 is 4.42 Å². The summed E-state index contributed by atoms with van der Waals surface area (Å²) >= 11 is 0. The summed E-state index contributed by atoms with van der Waals surface area (Å²) < 4.78 is 5.69. The predicted molar refractivity (Wildman–Crippen MR) is 87.3 cm³/mol. The molecule has 21 heavy (non-hydrogen) atoms. The molecule has 1 fully saturated rings. The highest BCUT2D eigenvalue weighted by Gasteiger charge is 2.24. The fraction of sp³-hybridized carbons (Fsp3) is 0.765. The molecule has 120 valence electrons. The van der Waals surface area contributed by atoms with E-state index < -0.39 is 0 Å². The molecule has 0 aromatic carbocycles. The first-order valence-electron chi connectivity index (χ1n) is 8.30. The standard InChI is InChI=1S/C17H31N3O/c1-5-20-8-6-7-16(20)11-19(4)12-17-9-15(13-21-17)10-18-14(2)3/h9,13-14,16,18H,5-8,10-12H2,1-4H3. The first kappa shape index (κ1) is 16.5.